The molecule has 0 saturated heterocycles. The van der Waals surface area contributed by atoms with Gasteiger partial charge in [-0.1, -0.05) is 58.4 Å². The predicted molar refractivity (Wildman–Crippen MR) is 114 cm³/mol. The zero-order chi connectivity index (χ0) is 18.6. The monoisotopic (exact) mass is 417 g/mol. The smallest absolute Gasteiger partial charge is 0.147 e. The summed E-state index contributed by atoms with van der Waals surface area (Å²) in [5.41, 5.74) is 6.66. The molecule has 0 aliphatic carbocycles. The first-order valence-corrected chi connectivity index (χ1v) is 9.23. The minimum Gasteiger partial charge on any atom is -0.507 e. The molecule has 0 unspecified atom stereocenters. The van der Waals surface area contributed by atoms with Crippen molar-refractivity contribution in [2.24, 2.45) is 5.10 Å². The van der Waals surface area contributed by atoms with Crippen molar-refractivity contribution in [2.45, 2.75) is 0 Å². The molecule has 0 bridgehead atoms. The number of phenols is 1. The Morgan fingerprint density at radius 1 is 0.926 bits per heavy atom. The highest BCUT2D eigenvalue weighted by Gasteiger charge is 2.08. The van der Waals surface area contributed by atoms with Gasteiger partial charge in [0.1, 0.15) is 11.6 Å². The Bertz CT molecular complexity index is 1130. The van der Waals surface area contributed by atoms with Crippen LogP contribution in [0.15, 0.2) is 88.4 Å². The molecule has 0 aliphatic rings. The molecule has 1 aromatic heterocycles. The maximum atomic E-state index is 9.83. The van der Waals surface area contributed by atoms with Gasteiger partial charge in [0.15, 0.2) is 0 Å². The average Bonchev–Trinajstić information content (AvgIpc) is 2.70. The maximum Gasteiger partial charge on any atom is 0.147 e. The van der Waals surface area contributed by atoms with E-state index in [1.165, 1.54) is 0 Å². The number of rotatable bonds is 4. The van der Waals surface area contributed by atoms with Crippen LogP contribution in [-0.4, -0.2) is 16.3 Å². The number of aromatic nitrogens is 1. The van der Waals surface area contributed by atoms with Crippen molar-refractivity contribution < 1.29 is 5.11 Å². The number of benzene rings is 3. The summed E-state index contributed by atoms with van der Waals surface area (Å²) in [6, 6.07) is 25.2. The number of anilines is 1. The van der Waals surface area contributed by atoms with Gasteiger partial charge in [-0.15, -0.1) is 0 Å². The van der Waals surface area contributed by atoms with Gasteiger partial charge in [0.25, 0.3) is 0 Å². The van der Waals surface area contributed by atoms with Gasteiger partial charge < -0.3 is 5.11 Å². The summed E-state index contributed by atoms with van der Waals surface area (Å²) in [7, 11) is 0. The van der Waals surface area contributed by atoms with E-state index in [0.29, 0.717) is 11.4 Å². The van der Waals surface area contributed by atoms with Crippen LogP contribution in [0.4, 0.5) is 5.82 Å². The molecule has 0 spiro atoms. The van der Waals surface area contributed by atoms with Crippen molar-refractivity contribution in [3.8, 4) is 16.9 Å². The topological polar surface area (TPSA) is 57.5 Å². The summed E-state index contributed by atoms with van der Waals surface area (Å²) >= 11 is 3.54. The number of hydrogen-bond acceptors (Lipinski definition) is 4. The van der Waals surface area contributed by atoms with E-state index in [-0.39, 0.29) is 5.75 Å². The van der Waals surface area contributed by atoms with E-state index in [2.05, 4.69) is 49.6 Å². The predicted octanol–water partition coefficient (Wildman–Crippen LogP) is 5.82. The number of hydrazone groups is 1. The fourth-order valence-electron chi connectivity index (χ4n) is 2.88. The molecule has 3 aromatic carbocycles. The fourth-order valence-corrected chi connectivity index (χ4v) is 3.24. The number of nitrogens with one attached hydrogen (secondary N) is 1. The molecular weight excluding hydrogens is 402 g/mol. The molecule has 0 atom stereocenters. The molecule has 0 radical (unpaired) electrons. The van der Waals surface area contributed by atoms with E-state index in [1.54, 1.807) is 24.4 Å². The van der Waals surface area contributed by atoms with Crippen LogP contribution in [0.5, 0.6) is 5.75 Å². The van der Waals surface area contributed by atoms with E-state index in [4.69, 9.17) is 0 Å². The van der Waals surface area contributed by atoms with Gasteiger partial charge in [-0.05, 0) is 47.5 Å². The summed E-state index contributed by atoms with van der Waals surface area (Å²) in [5, 5.41) is 15.1. The van der Waals surface area contributed by atoms with Gasteiger partial charge in [-0.3, -0.25) is 5.43 Å². The van der Waals surface area contributed by atoms with Gasteiger partial charge in [0.05, 0.1) is 11.7 Å². The third kappa shape index (κ3) is 3.83. The third-order valence-electron chi connectivity index (χ3n) is 4.18. The Labute approximate surface area is 165 Å². The number of aromatic hydroxyl groups is 1. The van der Waals surface area contributed by atoms with Crippen molar-refractivity contribution in [3.05, 3.63) is 88.9 Å². The average molecular weight is 418 g/mol. The molecular formula is C22H16BrN3O. The Hall–Kier alpha value is -3.18. The summed E-state index contributed by atoms with van der Waals surface area (Å²) < 4.78 is 1.01. The van der Waals surface area contributed by atoms with Gasteiger partial charge in [0.2, 0.25) is 0 Å². The van der Waals surface area contributed by atoms with Crippen LogP contribution in [0.25, 0.3) is 22.0 Å². The van der Waals surface area contributed by atoms with Crippen molar-refractivity contribution in [1.29, 1.82) is 0 Å². The van der Waals surface area contributed by atoms with Crippen LogP contribution in [-0.2, 0) is 0 Å². The van der Waals surface area contributed by atoms with Crippen LogP contribution < -0.4 is 5.43 Å². The number of pyridine rings is 1. The number of fused-ring (bicyclic) bond motifs is 1. The number of phenolic OH excluding ortho intramolecular Hbond substituents is 1. The highest BCUT2D eigenvalue weighted by atomic mass is 79.9. The molecule has 4 nitrogen and oxygen atoms in total. The van der Waals surface area contributed by atoms with Crippen molar-refractivity contribution in [3.63, 3.8) is 0 Å². The van der Waals surface area contributed by atoms with Gasteiger partial charge >= 0.3 is 0 Å². The van der Waals surface area contributed by atoms with Crippen molar-refractivity contribution in [2.75, 3.05) is 5.43 Å². The highest BCUT2D eigenvalue weighted by Crippen LogP contribution is 2.32. The van der Waals surface area contributed by atoms with E-state index in [1.807, 2.05) is 42.5 Å². The van der Waals surface area contributed by atoms with Crippen LogP contribution >= 0.6 is 15.9 Å². The molecule has 4 rings (SSSR count). The number of nitrogens with zero attached hydrogens (tertiary/aromatic N) is 2. The fraction of sp³-hybridized carbons (Fsp3) is 0. The molecule has 0 fully saturated rings. The zero-order valence-corrected chi connectivity index (χ0v) is 15.9. The molecule has 2 N–H and O–H groups in total. The molecule has 0 amide bonds. The van der Waals surface area contributed by atoms with Crippen LogP contribution in [0.2, 0.25) is 0 Å². The number of hydrogen-bond donors (Lipinski definition) is 2. The standard InChI is InChI=1S/C22H16BrN3O/c23-17-10-11-20-19(12-17)18(15-6-2-1-3-7-15)13-22(25-20)26-24-14-16-8-4-5-9-21(16)27/h1-14,27H,(H,25,26)/b24-14-. The summed E-state index contributed by atoms with van der Waals surface area (Å²) in [4.78, 5) is 4.65. The second-order valence-electron chi connectivity index (χ2n) is 6.01. The molecule has 0 aliphatic heterocycles. The molecule has 0 saturated carbocycles. The minimum atomic E-state index is 0.185. The second kappa shape index (κ2) is 7.60. The minimum absolute atomic E-state index is 0.185. The Morgan fingerprint density at radius 3 is 2.52 bits per heavy atom. The Balaban J connectivity index is 1.74. The molecule has 4 aromatic rings. The first-order valence-electron chi connectivity index (χ1n) is 8.43. The van der Waals surface area contributed by atoms with Crippen LogP contribution in [0, 0.1) is 0 Å². The Morgan fingerprint density at radius 2 is 1.70 bits per heavy atom. The lowest BCUT2D eigenvalue weighted by molar-refractivity contribution is 0.474. The van der Waals surface area contributed by atoms with E-state index in [0.717, 1.165) is 26.5 Å². The van der Waals surface area contributed by atoms with Gasteiger partial charge in [-0.2, -0.15) is 5.10 Å². The largest absolute Gasteiger partial charge is 0.507 e. The molecule has 1 heterocycles. The highest BCUT2D eigenvalue weighted by molar-refractivity contribution is 9.10. The van der Waals surface area contributed by atoms with E-state index in [9.17, 15) is 5.11 Å². The normalized spacial score (nSPS) is 11.1. The summed E-state index contributed by atoms with van der Waals surface area (Å²) in [6.45, 7) is 0. The maximum absolute atomic E-state index is 9.83. The third-order valence-corrected chi connectivity index (χ3v) is 4.67. The van der Waals surface area contributed by atoms with Crippen LogP contribution in [0.1, 0.15) is 5.56 Å². The lowest BCUT2D eigenvalue weighted by atomic mass is 10.0. The quantitative estimate of drug-likeness (QED) is 0.325. The SMILES string of the molecule is Oc1ccccc1/C=N\Nc1cc(-c2ccccc2)c2cc(Br)ccc2n1. The molecule has 5 heteroatoms. The molecule has 132 valence electrons. The molecule has 27 heavy (non-hydrogen) atoms. The lowest BCUT2D eigenvalue weighted by Gasteiger charge is -2.10. The summed E-state index contributed by atoms with van der Waals surface area (Å²) in [6.07, 6.45) is 1.57. The Kier molecular flexibility index (Phi) is 4.85. The van der Waals surface area contributed by atoms with Crippen molar-refractivity contribution >= 4 is 38.9 Å². The van der Waals surface area contributed by atoms with E-state index < -0.39 is 0 Å². The summed E-state index contributed by atoms with van der Waals surface area (Å²) in [5.74, 6) is 0.819. The first kappa shape index (κ1) is 17.2. The van der Waals surface area contributed by atoms with Gasteiger partial charge in [0, 0.05) is 15.4 Å². The van der Waals surface area contributed by atoms with E-state index >= 15 is 0 Å². The second-order valence-corrected chi connectivity index (χ2v) is 6.93. The first-order chi connectivity index (χ1) is 13.2. The lowest BCUT2D eigenvalue weighted by Crippen LogP contribution is -1.96. The zero-order valence-electron chi connectivity index (χ0n) is 14.3. The van der Waals surface area contributed by atoms with Gasteiger partial charge in [-0.25, -0.2) is 4.98 Å². The number of para-hydroxylation sites is 1. The van der Waals surface area contributed by atoms with Crippen LogP contribution in [0.3, 0.4) is 0 Å². The van der Waals surface area contributed by atoms with Crippen molar-refractivity contribution in [1.82, 2.24) is 4.98 Å². The number of halogens is 1.